The first-order chi connectivity index (χ1) is 7.22. The lowest BCUT2D eigenvalue weighted by molar-refractivity contribution is -0.138. The van der Waals surface area contributed by atoms with Crippen LogP contribution in [0.15, 0.2) is 12.1 Å². The molecule has 0 bridgehead atoms. The van der Waals surface area contributed by atoms with Gasteiger partial charge in [0.15, 0.2) is 0 Å². The van der Waals surface area contributed by atoms with Gasteiger partial charge in [-0.1, -0.05) is 17.7 Å². The zero-order valence-electron chi connectivity index (χ0n) is 8.41. The van der Waals surface area contributed by atoms with Crippen LogP contribution in [-0.2, 0) is 0 Å². The average molecular weight is 256 g/mol. The van der Waals surface area contributed by atoms with Crippen molar-refractivity contribution in [2.75, 3.05) is 0 Å². The number of nitrogens with two attached hydrogens (primary N) is 1. The van der Waals surface area contributed by atoms with Gasteiger partial charge in [-0.05, 0) is 18.6 Å². The summed E-state index contributed by atoms with van der Waals surface area (Å²) in [7, 11) is 0. The van der Waals surface area contributed by atoms with E-state index in [9.17, 15) is 17.6 Å². The molecule has 90 valence electrons. The van der Waals surface area contributed by atoms with Crippen molar-refractivity contribution in [2.45, 2.75) is 25.6 Å². The molecule has 0 saturated carbocycles. The number of aryl methyl sites for hydroxylation is 1. The third kappa shape index (κ3) is 3.09. The lowest BCUT2D eigenvalue weighted by Crippen LogP contribution is -2.21. The lowest BCUT2D eigenvalue weighted by atomic mass is 10.0. The summed E-state index contributed by atoms with van der Waals surface area (Å²) in [6.07, 6.45) is -5.74. The maximum Gasteiger partial charge on any atom is 0.390 e. The number of alkyl halides is 3. The number of hydrogen-bond acceptors (Lipinski definition) is 1. The van der Waals surface area contributed by atoms with E-state index >= 15 is 0 Å². The van der Waals surface area contributed by atoms with Crippen molar-refractivity contribution < 1.29 is 17.6 Å². The van der Waals surface area contributed by atoms with Crippen molar-refractivity contribution in [2.24, 2.45) is 5.73 Å². The van der Waals surface area contributed by atoms with Gasteiger partial charge >= 0.3 is 6.18 Å². The summed E-state index contributed by atoms with van der Waals surface area (Å²) in [5.41, 5.74) is 5.25. The first-order valence-corrected chi connectivity index (χ1v) is 4.87. The fourth-order valence-corrected chi connectivity index (χ4v) is 1.66. The standard InChI is InChI=1S/C10H10ClF4N/c1-5-2-3-6(11)8(9(5)12)7(16)4-10(13,14)15/h2-3,7H,4,16H2,1H3/t7-/m0/s1. The molecule has 0 heterocycles. The van der Waals surface area contributed by atoms with Crippen LogP contribution >= 0.6 is 11.6 Å². The molecule has 0 fully saturated rings. The van der Waals surface area contributed by atoms with E-state index in [1.54, 1.807) is 0 Å². The molecule has 2 N–H and O–H groups in total. The van der Waals surface area contributed by atoms with Crippen LogP contribution in [0.25, 0.3) is 0 Å². The van der Waals surface area contributed by atoms with Crippen molar-refractivity contribution in [1.82, 2.24) is 0 Å². The minimum Gasteiger partial charge on any atom is -0.324 e. The molecule has 0 aliphatic heterocycles. The largest absolute Gasteiger partial charge is 0.390 e. The first-order valence-electron chi connectivity index (χ1n) is 4.49. The molecule has 16 heavy (non-hydrogen) atoms. The highest BCUT2D eigenvalue weighted by Crippen LogP contribution is 2.33. The summed E-state index contributed by atoms with van der Waals surface area (Å²) in [6.45, 7) is 1.44. The zero-order chi connectivity index (χ0) is 12.5. The first kappa shape index (κ1) is 13.3. The second-order valence-electron chi connectivity index (χ2n) is 3.52. The topological polar surface area (TPSA) is 26.0 Å². The molecule has 0 amide bonds. The fourth-order valence-electron chi connectivity index (χ4n) is 1.37. The molecule has 0 radical (unpaired) electrons. The van der Waals surface area contributed by atoms with E-state index < -0.39 is 24.5 Å². The maximum atomic E-state index is 13.6. The molecule has 0 aliphatic rings. The Bertz CT molecular complexity index is 389. The van der Waals surface area contributed by atoms with Gasteiger partial charge in [0.1, 0.15) is 5.82 Å². The van der Waals surface area contributed by atoms with Crippen LogP contribution in [0.3, 0.4) is 0 Å². The third-order valence-corrected chi connectivity index (χ3v) is 2.47. The molecule has 0 saturated heterocycles. The Kier molecular flexibility index (Phi) is 3.80. The quantitative estimate of drug-likeness (QED) is 0.801. The summed E-state index contributed by atoms with van der Waals surface area (Å²) in [5.74, 6) is -0.774. The van der Waals surface area contributed by atoms with Crippen LogP contribution in [-0.4, -0.2) is 6.18 Å². The van der Waals surface area contributed by atoms with Crippen LogP contribution in [0.1, 0.15) is 23.6 Å². The second-order valence-corrected chi connectivity index (χ2v) is 3.92. The minimum atomic E-state index is -4.45. The monoisotopic (exact) mass is 255 g/mol. The van der Waals surface area contributed by atoms with E-state index in [4.69, 9.17) is 17.3 Å². The molecule has 1 nitrogen and oxygen atoms in total. The number of rotatable bonds is 2. The van der Waals surface area contributed by atoms with Gasteiger partial charge in [-0.25, -0.2) is 4.39 Å². The minimum absolute atomic E-state index is 0.0835. The molecule has 1 aromatic rings. The predicted molar refractivity (Wildman–Crippen MR) is 53.7 cm³/mol. The fraction of sp³-hybridized carbons (Fsp3) is 0.400. The average Bonchev–Trinajstić information content (AvgIpc) is 2.09. The Morgan fingerprint density at radius 3 is 2.44 bits per heavy atom. The lowest BCUT2D eigenvalue weighted by Gasteiger charge is -2.17. The molecule has 0 aliphatic carbocycles. The predicted octanol–water partition coefficient (Wildman–Crippen LogP) is 3.74. The van der Waals surface area contributed by atoms with Gasteiger partial charge in [0.25, 0.3) is 0 Å². The van der Waals surface area contributed by atoms with Crippen molar-refractivity contribution >= 4 is 11.6 Å². The summed E-state index contributed by atoms with van der Waals surface area (Å²) in [5, 5.41) is -0.0835. The summed E-state index contributed by atoms with van der Waals surface area (Å²) >= 11 is 5.64. The molecule has 0 unspecified atom stereocenters. The van der Waals surface area contributed by atoms with Crippen LogP contribution in [0.2, 0.25) is 5.02 Å². The highest BCUT2D eigenvalue weighted by Gasteiger charge is 2.33. The maximum absolute atomic E-state index is 13.6. The van der Waals surface area contributed by atoms with Gasteiger partial charge in [-0.2, -0.15) is 13.2 Å². The molecule has 0 aromatic heterocycles. The Labute approximate surface area is 95.2 Å². The van der Waals surface area contributed by atoms with Crippen LogP contribution in [0.5, 0.6) is 0 Å². The van der Waals surface area contributed by atoms with Crippen molar-refractivity contribution in [3.8, 4) is 0 Å². The van der Waals surface area contributed by atoms with Gasteiger partial charge in [-0.15, -0.1) is 0 Å². The molecule has 6 heteroatoms. The molecular weight excluding hydrogens is 246 g/mol. The number of hydrogen-bond donors (Lipinski definition) is 1. The second kappa shape index (κ2) is 4.59. The van der Waals surface area contributed by atoms with Gasteiger partial charge in [0.2, 0.25) is 0 Å². The summed E-state index contributed by atoms with van der Waals surface area (Å²) in [4.78, 5) is 0. The van der Waals surface area contributed by atoms with Crippen LogP contribution < -0.4 is 5.73 Å². The van der Waals surface area contributed by atoms with E-state index in [0.717, 1.165) is 0 Å². The SMILES string of the molecule is Cc1ccc(Cl)c([C@@H](N)CC(F)(F)F)c1F. The molecule has 0 spiro atoms. The van der Waals surface area contributed by atoms with Crippen molar-refractivity contribution in [3.63, 3.8) is 0 Å². The van der Waals surface area contributed by atoms with Crippen LogP contribution in [0.4, 0.5) is 17.6 Å². The van der Waals surface area contributed by atoms with Gasteiger partial charge in [0.05, 0.1) is 6.42 Å². The highest BCUT2D eigenvalue weighted by molar-refractivity contribution is 6.31. The zero-order valence-corrected chi connectivity index (χ0v) is 9.16. The van der Waals surface area contributed by atoms with Gasteiger partial charge in [-0.3, -0.25) is 0 Å². The van der Waals surface area contributed by atoms with E-state index in [1.807, 2.05) is 0 Å². The van der Waals surface area contributed by atoms with Crippen LogP contribution in [0, 0.1) is 12.7 Å². The number of halogens is 5. The van der Waals surface area contributed by atoms with E-state index in [-0.39, 0.29) is 16.1 Å². The normalized spacial score (nSPS) is 13.9. The van der Waals surface area contributed by atoms with Crippen molar-refractivity contribution in [3.05, 3.63) is 34.1 Å². The summed E-state index contributed by atoms with van der Waals surface area (Å²) < 4.78 is 49.9. The molecule has 1 aromatic carbocycles. The Morgan fingerprint density at radius 2 is 1.94 bits per heavy atom. The third-order valence-electron chi connectivity index (χ3n) is 2.14. The van der Waals surface area contributed by atoms with Crippen molar-refractivity contribution in [1.29, 1.82) is 0 Å². The molecule has 1 atom stereocenters. The van der Waals surface area contributed by atoms with Gasteiger partial charge in [0, 0.05) is 16.6 Å². The smallest absolute Gasteiger partial charge is 0.324 e. The Hall–Kier alpha value is -0.810. The van der Waals surface area contributed by atoms with E-state index in [0.29, 0.717) is 0 Å². The summed E-state index contributed by atoms with van der Waals surface area (Å²) in [6, 6.07) is 1.25. The van der Waals surface area contributed by atoms with E-state index in [2.05, 4.69) is 0 Å². The Morgan fingerprint density at radius 1 is 1.38 bits per heavy atom. The molecular formula is C10H10ClF4N. The Balaban J connectivity index is 3.08. The molecule has 1 rings (SSSR count). The highest BCUT2D eigenvalue weighted by atomic mass is 35.5. The van der Waals surface area contributed by atoms with Gasteiger partial charge < -0.3 is 5.73 Å². The number of benzene rings is 1. The van der Waals surface area contributed by atoms with E-state index in [1.165, 1.54) is 19.1 Å².